The first-order valence-electron chi connectivity index (χ1n) is 4.41. The molecule has 14 heavy (non-hydrogen) atoms. The molecular weight excluding hydrogens is 206 g/mol. The van der Waals surface area contributed by atoms with Crippen LogP contribution in [-0.4, -0.2) is 44.6 Å². The predicted octanol–water partition coefficient (Wildman–Crippen LogP) is -0.171. The van der Waals surface area contributed by atoms with Crippen LogP contribution in [0.25, 0.3) is 0 Å². The monoisotopic (exact) mass is 221 g/mol. The molecule has 1 heterocycles. The molecule has 0 saturated carbocycles. The van der Waals surface area contributed by atoms with Crippen molar-refractivity contribution in [2.75, 3.05) is 19.9 Å². The third-order valence-corrected chi connectivity index (χ3v) is 3.84. The quantitative estimate of drug-likeness (QED) is 0.607. The van der Waals surface area contributed by atoms with Gasteiger partial charge in [-0.1, -0.05) is 0 Å². The molecule has 0 aliphatic carbocycles. The molecule has 0 spiro atoms. The number of rotatable bonds is 2. The Balaban J connectivity index is 2.75. The van der Waals surface area contributed by atoms with E-state index in [9.17, 15) is 13.2 Å². The van der Waals surface area contributed by atoms with Gasteiger partial charge in [0.05, 0.1) is 19.3 Å². The Morgan fingerprint density at radius 3 is 2.43 bits per heavy atom. The first kappa shape index (κ1) is 11.5. The van der Waals surface area contributed by atoms with Crippen molar-refractivity contribution in [3.05, 3.63) is 0 Å². The Kier molecular flexibility index (Phi) is 3.16. The van der Waals surface area contributed by atoms with Gasteiger partial charge in [-0.15, -0.1) is 0 Å². The van der Waals surface area contributed by atoms with Crippen molar-refractivity contribution in [3.63, 3.8) is 0 Å². The molecule has 1 fully saturated rings. The maximum Gasteiger partial charge on any atom is 0.310 e. The number of nitrogens with zero attached hydrogens (tertiary/aromatic N) is 1. The van der Waals surface area contributed by atoms with Crippen LogP contribution in [0.1, 0.15) is 13.3 Å². The van der Waals surface area contributed by atoms with Crippen molar-refractivity contribution in [2.24, 2.45) is 5.92 Å². The van der Waals surface area contributed by atoms with Gasteiger partial charge in [0, 0.05) is 12.6 Å². The lowest BCUT2D eigenvalue weighted by Crippen LogP contribution is -2.33. The normalized spacial score (nSPS) is 29.1. The fourth-order valence-corrected chi connectivity index (χ4v) is 2.99. The molecule has 0 aromatic rings. The number of methoxy groups -OCH3 is 1. The predicted molar refractivity (Wildman–Crippen MR) is 51.1 cm³/mol. The minimum atomic E-state index is -3.20. The summed E-state index contributed by atoms with van der Waals surface area (Å²) in [6.07, 6.45) is 1.70. The number of carbonyl (C=O) groups is 1. The third-order valence-electron chi connectivity index (χ3n) is 2.48. The lowest BCUT2D eigenvalue weighted by molar-refractivity contribution is -0.144. The fourth-order valence-electron chi connectivity index (χ4n) is 1.80. The van der Waals surface area contributed by atoms with Crippen LogP contribution in [0, 0.1) is 5.92 Å². The molecule has 82 valence electrons. The van der Waals surface area contributed by atoms with Crippen molar-refractivity contribution < 1.29 is 17.9 Å². The van der Waals surface area contributed by atoms with E-state index in [1.165, 1.54) is 11.4 Å². The van der Waals surface area contributed by atoms with Gasteiger partial charge in [0.25, 0.3) is 0 Å². The molecule has 1 aliphatic heterocycles. The van der Waals surface area contributed by atoms with Gasteiger partial charge in [-0.05, 0) is 13.3 Å². The Morgan fingerprint density at radius 2 is 2.07 bits per heavy atom. The maximum atomic E-state index is 11.3. The molecule has 0 radical (unpaired) electrons. The van der Waals surface area contributed by atoms with E-state index in [4.69, 9.17) is 0 Å². The molecule has 1 aliphatic rings. The van der Waals surface area contributed by atoms with Gasteiger partial charge in [0.2, 0.25) is 10.0 Å². The van der Waals surface area contributed by atoms with E-state index in [1.54, 1.807) is 6.92 Å². The van der Waals surface area contributed by atoms with E-state index < -0.39 is 10.0 Å². The van der Waals surface area contributed by atoms with Crippen LogP contribution < -0.4 is 0 Å². The van der Waals surface area contributed by atoms with Gasteiger partial charge in [-0.3, -0.25) is 4.79 Å². The number of sulfonamides is 1. The van der Waals surface area contributed by atoms with Crippen molar-refractivity contribution >= 4 is 16.0 Å². The fraction of sp³-hybridized carbons (Fsp3) is 0.875. The highest BCUT2D eigenvalue weighted by Crippen LogP contribution is 2.25. The second-order valence-corrected chi connectivity index (χ2v) is 5.57. The van der Waals surface area contributed by atoms with Gasteiger partial charge >= 0.3 is 5.97 Å². The number of ether oxygens (including phenoxy) is 1. The topological polar surface area (TPSA) is 63.7 Å². The zero-order valence-electron chi connectivity index (χ0n) is 8.56. The summed E-state index contributed by atoms with van der Waals surface area (Å²) in [5, 5.41) is 0. The number of carbonyl (C=O) groups excluding carboxylic acids is 1. The minimum absolute atomic E-state index is 0.117. The molecule has 6 heteroatoms. The van der Waals surface area contributed by atoms with Crippen molar-refractivity contribution in [3.8, 4) is 0 Å². The summed E-state index contributed by atoms with van der Waals surface area (Å²) in [6.45, 7) is 2.04. The van der Waals surface area contributed by atoms with Crippen molar-refractivity contribution in [1.29, 1.82) is 0 Å². The SMILES string of the molecule is COC(=O)C1CC(C)N(S(C)(=O)=O)C1. The van der Waals surface area contributed by atoms with E-state index in [0.29, 0.717) is 6.42 Å². The minimum Gasteiger partial charge on any atom is -0.469 e. The molecule has 1 saturated heterocycles. The van der Waals surface area contributed by atoms with Crippen LogP contribution in [0.2, 0.25) is 0 Å². The molecule has 2 atom stereocenters. The van der Waals surface area contributed by atoms with Crippen LogP contribution in [0.3, 0.4) is 0 Å². The second-order valence-electron chi connectivity index (χ2n) is 3.64. The summed E-state index contributed by atoms with van der Waals surface area (Å²) in [6, 6.07) is -0.117. The summed E-state index contributed by atoms with van der Waals surface area (Å²) in [5.41, 5.74) is 0. The van der Waals surface area contributed by atoms with Crippen molar-refractivity contribution in [2.45, 2.75) is 19.4 Å². The lowest BCUT2D eigenvalue weighted by atomic mass is 10.1. The molecule has 5 nitrogen and oxygen atoms in total. The molecule has 0 bridgehead atoms. The zero-order valence-corrected chi connectivity index (χ0v) is 9.37. The first-order chi connectivity index (χ1) is 6.36. The molecule has 0 aromatic carbocycles. The molecule has 2 unspecified atom stereocenters. The Hall–Kier alpha value is -0.620. The Morgan fingerprint density at radius 1 is 1.50 bits per heavy atom. The summed E-state index contributed by atoms with van der Waals surface area (Å²) >= 11 is 0. The Bertz CT molecular complexity index is 324. The van der Waals surface area contributed by atoms with E-state index in [1.807, 2.05) is 0 Å². The lowest BCUT2D eigenvalue weighted by Gasteiger charge is -2.17. The van der Waals surface area contributed by atoms with Gasteiger partial charge in [-0.2, -0.15) is 4.31 Å². The average Bonchev–Trinajstić information content (AvgIpc) is 2.45. The van der Waals surface area contributed by atoms with E-state index in [0.717, 1.165) is 6.26 Å². The van der Waals surface area contributed by atoms with Crippen LogP contribution in [0.5, 0.6) is 0 Å². The van der Waals surface area contributed by atoms with E-state index in [-0.39, 0.29) is 24.5 Å². The maximum absolute atomic E-state index is 11.3. The number of esters is 1. The van der Waals surface area contributed by atoms with Gasteiger partial charge < -0.3 is 4.74 Å². The summed E-state index contributed by atoms with van der Waals surface area (Å²) in [5.74, 6) is -0.646. The number of hydrogen-bond acceptors (Lipinski definition) is 4. The smallest absolute Gasteiger partial charge is 0.310 e. The number of hydrogen-bond donors (Lipinski definition) is 0. The average molecular weight is 221 g/mol. The molecule has 1 rings (SSSR count). The summed E-state index contributed by atoms with van der Waals surface area (Å²) in [7, 11) is -1.89. The van der Waals surface area contributed by atoms with Gasteiger partial charge in [0.15, 0.2) is 0 Å². The molecule has 0 amide bonds. The van der Waals surface area contributed by atoms with Gasteiger partial charge in [0.1, 0.15) is 0 Å². The van der Waals surface area contributed by atoms with Crippen molar-refractivity contribution in [1.82, 2.24) is 4.31 Å². The van der Waals surface area contributed by atoms with Crippen LogP contribution in [0.15, 0.2) is 0 Å². The highest BCUT2D eigenvalue weighted by atomic mass is 32.2. The largest absolute Gasteiger partial charge is 0.469 e. The molecular formula is C8H15NO4S. The van der Waals surface area contributed by atoms with Crippen LogP contribution >= 0.6 is 0 Å². The molecule has 0 aromatic heterocycles. The van der Waals surface area contributed by atoms with Crippen LogP contribution in [-0.2, 0) is 19.6 Å². The summed E-state index contributed by atoms with van der Waals surface area (Å²) < 4.78 is 28.5. The van der Waals surface area contributed by atoms with Gasteiger partial charge in [-0.25, -0.2) is 8.42 Å². The molecule has 0 N–H and O–H groups in total. The van der Waals surface area contributed by atoms with E-state index >= 15 is 0 Å². The second kappa shape index (κ2) is 3.86. The Labute approximate surface area is 84.1 Å². The third kappa shape index (κ3) is 2.24. The highest BCUT2D eigenvalue weighted by molar-refractivity contribution is 7.88. The van der Waals surface area contributed by atoms with Crippen LogP contribution in [0.4, 0.5) is 0 Å². The first-order valence-corrected chi connectivity index (χ1v) is 6.25. The summed E-state index contributed by atoms with van der Waals surface area (Å²) in [4.78, 5) is 11.2. The zero-order chi connectivity index (χ0) is 10.9. The van der Waals surface area contributed by atoms with E-state index in [2.05, 4.69) is 4.74 Å². The highest BCUT2D eigenvalue weighted by Gasteiger charge is 2.38. The standard InChI is InChI=1S/C8H15NO4S/c1-6-4-7(8(10)13-2)5-9(6)14(3,11)12/h6-7H,4-5H2,1-3H3.